The summed E-state index contributed by atoms with van der Waals surface area (Å²) >= 11 is 0. The number of aliphatic imine (C=N–C) groups is 1. The van der Waals surface area contributed by atoms with E-state index >= 15 is 0 Å². The minimum atomic E-state index is -1.02. The van der Waals surface area contributed by atoms with Crippen LogP contribution in [0.5, 0.6) is 0 Å². The maximum Gasteiger partial charge on any atom is 0.251 e. The molecule has 1 unspecified atom stereocenters. The fraction of sp³-hybridized carbons (Fsp3) is 0.364. The molecule has 0 saturated carbocycles. The average Bonchev–Trinajstić information content (AvgIpc) is 2.71. The van der Waals surface area contributed by atoms with Gasteiger partial charge in [0.15, 0.2) is 5.96 Å². The number of carbonyl (C=O) groups excluding carboxylic acids is 1. The lowest BCUT2D eigenvalue weighted by molar-refractivity contribution is 0.0617. The van der Waals surface area contributed by atoms with E-state index in [1.807, 2.05) is 62.4 Å². The normalized spacial score (nSPS) is 13.5. The number of hydrogen-bond acceptors (Lipinski definition) is 3. The van der Waals surface area contributed by atoms with Gasteiger partial charge in [0, 0.05) is 18.7 Å². The molecule has 1 atom stereocenters. The van der Waals surface area contributed by atoms with Gasteiger partial charge in [0.2, 0.25) is 0 Å². The first-order chi connectivity index (χ1) is 13.5. The summed E-state index contributed by atoms with van der Waals surface area (Å²) in [6.45, 7) is 7.70. The van der Waals surface area contributed by atoms with Gasteiger partial charge in [-0.05, 0) is 44.0 Å². The lowest BCUT2D eigenvalue weighted by Gasteiger charge is -2.25. The van der Waals surface area contributed by atoms with E-state index in [1.165, 1.54) is 0 Å². The second kappa shape index (κ2) is 10.5. The summed E-state index contributed by atoms with van der Waals surface area (Å²) in [5.41, 5.74) is 1.39. The molecule has 1 amide bonds. The van der Waals surface area contributed by atoms with E-state index in [4.69, 9.17) is 0 Å². The number of amides is 1. The van der Waals surface area contributed by atoms with E-state index in [-0.39, 0.29) is 5.91 Å². The maximum absolute atomic E-state index is 12.0. The Morgan fingerprint density at radius 1 is 1.00 bits per heavy atom. The van der Waals surface area contributed by atoms with Gasteiger partial charge in [-0.3, -0.25) is 4.79 Å². The zero-order valence-electron chi connectivity index (χ0n) is 16.8. The molecule has 0 aliphatic rings. The van der Waals surface area contributed by atoms with Crippen molar-refractivity contribution in [3.63, 3.8) is 0 Å². The highest BCUT2D eigenvalue weighted by Gasteiger charge is 2.22. The second-order valence-electron chi connectivity index (χ2n) is 6.75. The van der Waals surface area contributed by atoms with Gasteiger partial charge >= 0.3 is 0 Å². The van der Waals surface area contributed by atoms with E-state index in [0.29, 0.717) is 37.7 Å². The summed E-state index contributed by atoms with van der Waals surface area (Å²) in [6.07, 6.45) is 0. The van der Waals surface area contributed by atoms with Crippen LogP contribution in [0, 0.1) is 0 Å². The Labute approximate surface area is 167 Å². The molecule has 150 valence electrons. The van der Waals surface area contributed by atoms with E-state index in [1.54, 1.807) is 13.0 Å². The predicted octanol–water partition coefficient (Wildman–Crippen LogP) is 2.40. The zero-order chi connectivity index (χ0) is 20.4. The molecule has 2 aromatic carbocycles. The molecule has 0 aliphatic heterocycles. The average molecular weight is 383 g/mol. The Morgan fingerprint density at radius 2 is 1.71 bits per heavy atom. The number of hydrogen-bond donors (Lipinski definition) is 4. The van der Waals surface area contributed by atoms with Crippen molar-refractivity contribution in [3.8, 4) is 0 Å². The summed E-state index contributed by atoms with van der Waals surface area (Å²) in [5.74, 6) is 0.527. The van der Waals surface area contributed by atoms with Crippen LogP contribution in [0.4, 0.5) is 0 Å². The zero-order valence-corrected chi connectivity index (χ0v) is 16.8. The number of aliphatic hydroxyl groups is 1. The van der Waals surface area contributed by atoms with Gasteiger partial charge in [-0.2, -0.15) is 0 Å². The summed E-state index contributed by atoms with van der Waals surface area (Å²) in [4.78, 5) is 16.6. The van der Waals surface area contributed by atoms with Crippen LogP contribution in [0.1, 0.15) is 42.3 Å². The molecule has 0 heterocycles. The number of guanidine groups is 1. The van der Waals surface area contributed by atoms with Gasteiger partial charge in [0.05, 0.1) is 13.1 Å². The second-order valence-corrected chi connectivity index (χ2v) is 6.75. The van der Waals surface area contributed by atoms with Crippen molar-refractivity contribution in [1.82, 2.24) is 16.0 Å². The first kappa shape index (κ1) is 21.4. The first-order valence-corrected chi connectivity index (χ1v) is 9.63. The van der Waals surface area contributed by atoms with Crippen LogP contribution in [0.15, 0.2) is 59.6 Å². The van der Waals surface area contributed by atoms with Crippen LogP contribution in [0.2, 0.25) is 0 Å². The molecule has 6 nitrogen and oxygen atoms in total. The third-order valence-electron chi connectivity index (χ3n) is 4.29. The molecule has 0 aliphatic carbocycles. The third kappa shape index (κ3) is 6.39. The highest BCUT2D eigenvalue weighted by Crippen LogP contribution is 2.18. The van der Waals surface area contributed by atoms with Gasteiger partial charge in [0.1, 0.15) is 5.60 Å². The van der Waals surface area contributed by atoms with Crippen molar-refractivity contribution in [1.29, 1.82) is 0 Å². The highest BCUT2D eigenvalue weighted by atomic mass is 16.3. The van der Waals surface area contributed by atoms with E-state index in [9.17, 15) is 9.90 Å². The Bertz CT molecular complexity index is 788. The Hall–Kier alpha value is -2.86. The fourth-order valence-corrected chi connectivity index (χ4v) is 2.74. The standard InChI is InChI=1S/C22H30N4O2/c1-4-23-20(27)18-11-9-10-17(14-18)15-25-21(24-5-2)26-16-22(3,28)19-12-7-6-8-13-19/h6-14,28H,4-5,15-16H2,1-3H3,(H,23,27)(H2,24,25,26). The molecule has 2 aromatic rings. The number of nitrogens with one attached hydrogen (secondary N) is 3. The molecule has 6 heteroatoms. The van der Waals surface area contributed by atoms with Crippen molar-refractivity contribution in [2.45, 2.75) is 32.9 Å². The van der Waals surface area contributed by atoms with Gasteiger partial charge in [-0.1, -0.05) is 42.5 Å². The summed E-state index contributed by atoms with van der Waals surface area (Å²) in [5, 5.41) is 19.9. The molecule has 0 radical (unpaired) electrons. The monoisotopic (exact) mass is 382 g/mol. The van der Waals surface area contributed by atoms with Crippen molar-refractivity contribution >= 4 is 11.9 Å². The van der Waals surface area contributed by atoms with Crippen LogP contribution < -0.4 is 16.0 Å². The largest absolute Gasteiger partial charge is 0.384 e. The quantitative estimate of drug-likeness (QED) is 0.417. The van der Waals surface area contributed by atoms with Crippen molar-refractivity contribution in [2.24, 2.45) is 4.99 Å². The molecule has 0 bridgehead atoms. The Morgan fingerprint density at radius 3 is 2.39 bits per heavy atom. The van der Waals surface area contributed by atoms with E-state index in [2.05, 4.69) is 20.9 Å². The lowest BCUT2D eigenvalue weighted by atomic mass is 9.96. The van der Waals surface area contributed by atoms with Gasteiger partial charge in [-0.15, -0.1) is 0 Å². The summed E-state index contributed by atoms with van der Waals surface area (Å²) in [7, 11) is 0. The van der Waals surface area contributed by atoms with Gasteiger partial charge in [0.25, 0.3) is 5.91 Å². The van der Waals surface area contributed by atoms with Crippen LogP contribution in [-0.2, 0) is 12.1 Å². The summed E-state index contributed by atoms with van der Waals surface area (Å²) in [6, 6.07) is 17.0. The lowest BCUT2D eigenvalue weighted by Crippen LogP contribution is -2.44. The highest BCUT2D eigenvalue weighted by molar-refractivity contribution is 5.94. The maximum atomic E-state index is 12.0. The molecule has 4 N–H and O–H groups in total. The van der Waals surface area contributed by atoms with Crippen LogP contribution in [0.3, 0.4) is 0 Å². The molecule has 0 saturated heterocycles. The van der Waals surface area contributed by atoms with Crippen molar-refractivity contribution in [2.75, 3.05) is 19.6 Å². The topological polar surface area (TPSA) is 85.8 Å². The Balaban J connectivity index is 2.04. The Kier molecular flexibility index (Phi) is 8.02. The van der Waals surface area contributed by atoms with Gasteiger partial charge in [-0.25, -0.2) is 4.99 Å². The fourth-order valence-electron chi connectivity index (χ4n) is 2.74. The number of carbonyl (C=O) groups is 1. The van der Waals surface area contributed by atoms with E-state index < -0.39 is 5.60 Å². The van der Waals surface area contributed by atoms with E-state index in [0.717, 1.165) is 11.1 Å². The summed E-state index contributed by atoms with van der Waals surface area (Å²) < 4.78 is 0. The minimum Gasteiger partial charge on any atom is -0.384 e. The number of rotatable bonds is 8. The third-order valence-corrected chi connectivity index (χ3v) is 4.29. The van der Waals surface area contributed by atoms with Crippen LogP contribution >= 0.6 is 0 Å². The molecule has 0 aromatic heterocycles. The molecule has 0 fully saturated rings. The van der Waals surface area contributed by atoms with Crippen molar-refractivity contribution in [3.05, 3.63) is 71.3 Å². The SMILES string of the molecule is CCNC(=O)c1cccc(CN=C(NCC)NCC(C)(O)c2ccccc2)c1. The molecule has 2 rings (SSSR count). The molecule has 0 spiro atoms. The number of benzene rings is 2. The van der Waals surface area contributed by atoms with Gasteiger partial charge < -0.3 is 21.1 Å². The predicted molar refractivity (Wildman–Crippen MR) is 113 cm³/mol. The molecule has 28 heavy (non-hydrogen) atoms. The minimum absolute atomic E-state index is 0.0859. The van der Waals surface area contributed by atoms with Crippen LogP contribution in [-0.4, -0.2) is 36.6 Å². The van der Waals surface area contributed by atoms with Crippen molar-refractivity contribution < 1.29 is 9.90 Å². The number of nitrogens with zero attached hydrogens (tertiary/aromatic N) is 1. The first-order valence-electron chi connectivity index (χ1n) is 9.63. The smallest absolute Gasteiger partial charge is 0.251 e. The molecular weight excluding hydrogens is 352 g/mol. The molecular formula is C22H30N4O2. The van der Waals surface area contributed by atoms with Crippen LogP contribution in [0.25, 0.3) is 0 Å².